The fraction of sp³-hybridized carbons (Fsp3) is 0.500. The lowest BCUT2D eigenvalue weighted by molar-refractivity contribution is -0.142. The van der Waals surface area contributed by atoms with Gasteiger partial charge in [0, 0.05) is 12.6 Å². The predicted octanol–water partition coefficient (Wildman–Crippen LogP) is 2.56. The number of carboxylic acid groups (broad SMARTS) is 1. The van der Waals surface area contributed by atoms with Gasteiger partial charge in [-0.15, -0.1) is 0 Å². The average Bonchev–Trinajstić information content (AvgIpc) is 2.81. The number of carboxylic acids is 1. The summed E-state index contributed by atoms with van der Waals surface area (Å²) in [7, 11) is 0. The van der Waals surface area contributed by atoms with Gasteiger partial charge in [0.25, 0.3) is 0 Å². The van der Waals surface area contributed by atoms with E-state index in [0.717, 1.165) is 11.1 Å². The molecule has 1 heterocycles. The number of nitrogens with one attached hydrogen (secondary N) is 1. The van der Waals surface area contributed by atoms with E-state index in [9.17, 15) is 9.59 Å². The third kappa shape index (κ3) is 3.17. The maximum atomic E-state index is 12.3. The van der Waals surface area contributed by atoms with Gasteiger partial charge in [0.2, 0.25) is 0 Å². The molecule has 0 saturated carbocycles. The van der Waals surface area contributed by atoms with E-state index < -0.39 is 11.9 Å². The number of rotatable bonds is 3. The molecule has 2 rings (SSSR count). The molecule has 1 aromatic carbocycles. The largest absolute Gasteiger partial charge is 0.481 e. The third-order valence-electron chi connectivity index (χ3n) is 4.33. The Morgan fingerprint density at radius 1 is 1.38 bits per heavy atom. The molecule has 1 aliphatic rings. The molecule has 3 atom stereocenters. The third-order valence-corrected chi connectivity index (χ3v) is 4.33. The Morgan fingerprint density at radius 2 is 2.05 bits per heavy atom. The van der Waals surface area contributed by atoms with Crippen LogP contribution in [-0.4, -0.2) is 34.6 Å². The molecule has 1 saturated heterocycles. The van der Waals surface area contributed by atoms with E-state index in [0.29, 0.717) is 13.0 Å². The molecule has 3 unspecified atom stereocenters. The number of hydrogen-bond acceptors (Lipinski definition) is 2. The summed E-state index contributed by atoms with van der Waals surface area (Å²) in [6, 6.07) is 7.35. The van der Waals surface area contributed by atoms with Crippen molar-refractivity contribution in [3.05, 3.63) is 35.4 Å². The summed E-state index contributed by atoms with van der Waals surface area (Å²) in [6.45, 7) is 6.24. The second-order valence-electron chi connectivity index (χ2n) is 5.70. The van der Waals surface area contributed by atoms with Crippen LogP contribution in [-0.2, 0) is 4.79 Å². The van der Waals surface area contributed by atoms with Crippen LogP contribution in [0.3, 0.4) is 0 Å². The van der Waals surface area contributed by atoms with E-state index in [2.05, 4.69) is 5.32 Å². The zero-order chi connectivity index (χ0) is 15.6. The summed E-state index contributed by atoms with van der Waals surface area (Å²) < 4.78 is 0. The standard InChI is InChI=1S/C16H22N2O3/c1-10-6-4-5-7-13(10)11(2)17-16(21)18-9-8-14(12(18)3)15(19)20/h4-7,11-12,14H,8-9H2,1-3H3,(H,17,21)(H,19,20). The van der Waals surface area contributed by atoms with Crippen molar-refractivity contribution < 1.29 is 14.7 Å². The molecule has 0 aliphatic carbocycles. The Morgan fingerprint density at radius 3 is 2.62 bits per heavy atom. The van der Waals surface area contributed by atoms with Crippen molar-refractivity contribution in [3.8, 4) is 0 Å². The second-order valence-corrected chi connectivity index (χ2v) is 5.70. The zero-order valence-corrected chi connectivity index (χ0v) is 12.7. The van der Waals surface area contributed by atoms with Crippen LogP contribution in [0.1, 0.15) is 37.4 Å². The number of urea groups is 1. The van der Waals surface area contributed by atoms with Gasteiger partial charge in [0.15, 0.2) is 0 Å². The van der Waals surface area contributed by atoms with Crippen molar-refractivity contribution in [2.75, 3.05) is 6.54 Å². The number of aliphatic carboxylic acids is 1. The summed E-state index contributed by atoms with van der Waals surface area (Å²) in [5.41, 5.74) is 2.20. The summed E-state index contributed by atoms with van der Waals surface area (Å²) in [6.07, 6.45) is 0.517. The quantitative estimate of drug-likeness (QED) is 0.899. The Hall–Kier alpha value is -2.04. The van der Waals surface area contributed by atoms with E-state index in [4.69, 9.17) is 5.11 Å². The smallest absolute Gasteiger partial charge is 0.318 e. The maximum Gasteiger partial charge on any atom is 0.318 e. The van der Waals surface area contributed by atoms with Crippen LogP contribution in [0.4, 0.5) is 4.79 Å². The molecule has 114 valence electrons. The number of carbonyl (C=O) groups is 2. The molecule has 1 aromatic rings. The van der Waals surface area contributed by atoms with Gasteiger partial charge < -0.3 is 15.3 Å². The van der Waals surface area contributed by atoms with E-state index in [-0.39, 0.29) is 18.1 Å². The van der Waals surface area contributed by atoms with Crippen LogP contribution in [0.5, 0.6) is 0 Å². The second kappa shape index (κ2) is 6.16. The summed E-state index contributed by atoms with van der Waals surface area (Å²) >= 11 is 0. The highest BCUT2D eigenvalue weighted by atomic mass is 16.4. The first-order valence-electron chi connectivity index (χ1n) is 7.27. The molecule has 0 spiro atoms. The molecule has 2 amide bonds. The van der Waals surface area contributed by atoms with Crippen molar-refractivity contribution in [1.29, 1.82) is 0 Å². The molecule has 2 N–H and O–H groups in total. The van der Waals surface area contributed by atoms with Crippen LogP contribution in [0.15, 0.2) is 24.3 Å². The first-order chi connectivity index (χ1) is 9.91. The first-order valence-corrected chi connectivity index (χ1v) is 7.27. The monoisotopic (exact) mass is 290 g/mol. The van der Waals surface area contributed by atoms with Gasteiger partial charge in [0.1, 0.15) is 0 Å². The fourth-order valence-corrected chi connectivity index (χ4v) is 2.98. The average molecular weight is 290 g/mol. The van der Waals surface area contributed by atoms with Crippen LogP contribution < -0.4 is 5.32 Å². The van der Waals surface area contributed by atoms with Crippen LogP contribution in [0.25, 0.3) is 0 Å². The normalized spacial score (nSPS) is 22.9. The van der Waals surface area contributed by atoms with Crippen molar-refractivity contribution in [2.45, 2.75) is 39.3 Å². The van der Waals surface area contributed by atoms with Gasteiger partial charge in [-0.25, -0.2) is 4.79 Å². The Labute approximate surface area is 125 Å². The first kappa shape index (κ1) is 15.4. The minimum atomic E-state index is -0.829. The minimum Gasteiger partial charge on any atom is -0.481 e. The molecule has 1 aliphatic heterocycles. The molecular formula is C16H22N2O3. The van der Waals surface area contributed by atoms with Gasteiger partial charge in [-0.2, -0.15) is 0 Å². The molecule has 1 fully saturated rings. The van der Waals surface area contributed by atoms with E-state index in [1.54, 1.807) is 11.8 Å². The van der Waals surface area contributed by atoms with Crippen molar-refractivity contribution in [1.82, 2.24) is 10.2 Å². The molecular weight excluding hydrogens is 268 g/mol. The molecule has 0 aromatic heterocycles. The molecule has 5 heteroatoms. The number of benzene rings is 1. The Balaban J connectivity index is 2.02. The lowest BCUT2D eigenvalue weighted by Gasteiger charge is -2.26. The van der Waals surface area contributed by atoms with E-state index in [1.165, 1.54) is 0 Å². The topological polar surface area (TPSA) is 69.6 Å². The number of hydrogen-bond donors (Lipinski definition) is 2. The molecule has 0 radical (unpaired) electrons. The van der Waals surface area contributed by atoms with Crippen molar-refractivity contribution in [3.63, 3.8) is 0 Å². The van der Waals surface area contributed by atoms with Crippen LogP contribution >= 0.6 is 0 Å². The van der Waals surface area contributed by atoms with Crippen LogP contribution in [0, 0.1) is 12.8 Å². The highest BCUT2D eigenvalue weighted by molar-refractivity contribution is 5.78. The molecule has 5 nitrogen and oxygen atoms in total. The number of amides is 2. The number of carbonyl (C=O) groups excluding carboxylic acids is 1. The van der Waals surface area contributed by atoms with Gasteiger partial charge in [-0.1, -0.05) is 24.3 Å². The highest BCUT2D eigenvalue weighted by Crippen LogP contribution is 2.25. The van der Waals surface area contributed by atoms with Gasteiger partial charge in [0.05, 0.1) is 12.0 Å². The maximum absolute atomic E-state index is 12.3. The number of aryl methyl sites for hydroxylation is 1. The molecule has 21 heavy (non-hydrogen) atoms. The summed E-state index contributed by atoms with van der Waals surface area (Å²) in [5.74, 6) is -1.30. The van der Waals surface area contributed by atoms with Crippen molar-refractivity contribution in [2.24, 2.45) is 5.92 Å². The molecule has 0 bridgehead atoms. The van der Waals surface area contributed by atoms with Gasteiger partial charge in [-0.3, -0.25) is 4.79 Å². The minimum absolute atomic E-state index is 0.102. The lowest BCUT2D eigenvalue weighted by atomic mass is 10.0. The SMILES string of the molecule is Cc1ccccc1C(C)NC(=O)N1CCC(C(=O)O)C1C. The number of nitrogens with zero attached hydrogens (tertiary/aromatic N) is 1. The van der Waals surface area contributed by atoms with Gasteiger partial charge in [-0.05, 0) is 38.3 Å². The Kier molecular flexibility index (Phi) is 4.50. The van der Waals surface area contributed by atoms with E-state index >= 15 is 0 Å². The fourth-order valence-electron chi connectivity index (χ4n) is 2.98. The highest BCUT2D eigenvalue weighted by Gasteiger charge is 2.38. The predicted molar refractivity (Wildman–Crippen MR) is 80.0 cm³/mol. The van der Waals surface area contributed by atoms with Crippen molar-refractivity contribution >= 4 is 12.0 Å². The number of likely N-dealkylation sites (tertiary alicyclic amines) is 1. The zero-order valence-electron chi connectivity index (χ0n) is 12.7. The van der Waals surface area contributed by atoms with E-state index in [1.807, 2.05) is 38.1 Å². The van der Waals surface area contributed by atoms with Gasteiger partial charge >= 0.3 is 12.0 Å². The van der Waals surface area contributed by atoms with Crippen LogP contribution in [0.2, 0.25) is 0 Å². The summed E-state index contributed by atoms with van der Waals surface area (Å²) in [4.78, 5) is 25.1. The summed E-state index contributed by atoms with van der Waals surface area (Å²) in [5, 5.41) is 12.1. The Bertz CT molecular complexity index is 544. The lowest BCUT2D eigenvalue weighted by Crippen LogP contribution is -2.44.